The number of likely N-dealkylation sites (tertiary alicyclic amines) is 1. The lowest BCUT2D eigenvalue weighted by Gasteiger charge is -2.27. The number of aliphatic hydroxyl groups excluding tert-OH is 1. The molecule has 0 spiro atoms. The molecule has 2 saturated heterocycles. The van der Waals surface area contributed by atoms with Crippen molar-refractivity contribution in [2.75, 3.05) is 20.3 Å². The number of carbonyl (C=O) groups is 2. The summed E-state index contributed by atoms with van der Waals surface area (Å²) in [5.41, 5.74) is 2.52. The molecular formula is C25H27NO6. The number of rotatable bonds is 5. The summed E-state index contributed by atoms with van der Waals surface area (Å²) >= 11 is 0. The third-order valence-electron chi connectivity index (χ3n) is 6.15. The Morgan fingerprint density at radius 3 is 2.62 bits per heavy atom. The molecule has 0 aliphatic carbocycles. The highest BCUT2D eigenvalue weighted by Crippen LogP contribution is 2.41. The Balaban J connectivity index is 1.87. The van der Waals surface area contributed by atoms with Crippen LogP contribution in [0.3, 0.4) is 0 Å². The van der Waals surface area contributed by atoms with E-state index in [-0.39, 0.29) is 29.7 Å². The van der Waals surface area contributed by atoms with Crippen molar-refractivity contribution in [3.63, 3.8) is 0 Å². The van der Waals surface area contributed by atoms with E-state index >= 15 is 0 Å². The largest absolute Gasteiger partial charge is 0.508 e. The summed E-state index contributed by atoms with van der Waals surface area (Å²) in [6, 6.07) is 9.13. The van der Waals surface area contributed by atoms with Gasteiger partial charge in [0.2, 0.25) is 0 Å². The Labute approximate surface area is 186 Å². The predicted molar refractivity (Wildman–Crippen MR) is 119 cm³/mol. The molecule has 2 unspecified atom stereocenters. The van der Waals surface area contributed by atoms with Crippen LogP contribution in [0.2, 0.25) is 0 Å². The van der Waals surface area contributed by atoms with Gasteiger partial charge in [0.1, 0.15) is 17.3 Å². The van der Waals surface area contributed by atoms with Crippen molar-refractivity contribution in [1.29, 1.82) is 0 Å². The molecule has 0 radical (unpaired) electrons. The van der Waals surface area contributed by atoms with Gasteiger partial charge in [0, 0.05) is 18.7 Å². The number of phenols is 1. The number of aliphatic hydroxyl groups is 1. The quantitative estimate of drug-likeness (QED) is 0.421. The summed E-state index contributed by atoms with van der Waals surface area (Å²) in [7, 11) is 1.57. The van der Waals surface area contributed by atoms with Gasteiger partial charge in [-0.2, -0.15) is 0 Å². The van der Waals surface area contributed by atoms with Crippen molar-refractivity contribution < 1.29 is 29.3 Å². The second-order valence-electron chi connectivity index (χ2n) is 8.32. The molecular weight excluding hydrogens is 410 g/mol. The van der Waals surface area contributed by atoms with E-state index in [0.29, 0.717) is 29.0 Å². The van der Waals surface area contributed by atoms with E-state index in [9.17, 15) is 19.8 Å². The molecule has 7 nitrogen and oxygen atoms in total. The fraction of sp³-hybridized carbons (Fsp3) is 0.360. The summed E-state index contributed by atoms with van der Waals surface area (Å²) in [6.45, 7) is 4.51. The number of amides is 1. The van der Waals surface area contributed by atoms with Gasteiger partial charge in [0.25, 0.3) is 11.7 Å². The Hall–Kier alpha value is -3.32. The van der Waals surface area contributed by atoms with E-state index in [4.69, 9.17) is 9.47 Å². The number of nitrogens with zero attached hydrogens (tertiary/aromatic N) is 1. The van der Waals surface area contributed by atoms with Gasteiger partial charge in [-0.15, -0.1) is 0 Å². The number of aryl methyl sites for hydroxylation is 2. The Bertz CT molecular complexity index is 1100. The van der Waals surface area contributed by atoms with Gasteiger partial charge in [-0.1, -0.05) is 12.1 Å². The maximum atomic E-state index is 13.2. The van der Waals surface area contributed by atoms with Gasteiger partial charge in [-0.05, 0) is 67.6 Å². The van der Waals surface area contributed by atoms with Crippen molar-refractivity contribution in [2.45, 2.75) is 38.8 Å². The average molecular weight is 437 g/mol. The van der Waals surface area contributed by atoms with E-state index in [2.05, 4.69) is 0 Å². The summed E-state index contributed by atoms with van der Waals surface area (Å²) in [6.07, 6.45) is 1.53. The number of ketones is 1. The van der Waals surface area contributed by atoms with Gasteiger partial charge in [-0.3, -0.25) is 9.59 Å². The van der Waals surface area contributed by atoms with Gasteiger partial charge >= 0.3 is 0 Å². The van der Waals surface area contributed by atoms with Gasteiger partial charge < -0.3 is 24.6 Å². The number of phenolic OH excluding ortho intramolecular Hbond substituents is 1. The minimum absolute atomic E-state index is 0.00580. The number of ether oxygens (including phenoxy) is 2. The average Bonchev–Trinajstić information content (AvgIpc) is 3.37. The van der Waals surface area contributed by atoms with Crippen molar-refractivity contribution >= 4 is 17.4 Å². The lowest BCUT2D eigenvalue weighted by atomic mass is 9.93. The highest BCUT2D eigenvalue weighted by atomic mass is 16.5. The van der Waals surface area contributed by atoms with Gasteiger partial charge in [0.05, 0.1) is 24.8 Å². The monoisotopic (exact) mass is 437 g/mol. The normalized spacial score (nSPS) is 22.5. The van der Waals surface area contributed by atoms with Crippen LogP contribution in [0.4, 0.5) is 0 Å². The third kappa shape index (κ3) is 3.84. The fourth-order valence-electron chi connectivity index (χ4n) is 4.53. The SMILES string of the molecule is COc1cc(C)c(/C(O)=C2\C(=O)C(=O)N(CC3CCCO3)C2c2cccc(O)c2)cc1C. The molecule has 2 atom stereocenters. The van der Waals surface area contributed by atoms with Crippen molar-refractivity contribution in [3.8, 4) is 11.5 Å². The highest BCUT2D eigenvalue weighted by Gasteiger charge is 2.47. The number of carbonyl (C=O) groups excluding carboxylic acids is 2. The Morgan fingerprint density at radius 1 is 1.19 bits per heavy atom. The molecule has 4 rings (SSSR count). The second-order valence-corrected chi connectivity index (χ2v) is 8.32. The van der Waals surface area contributed by atoms with Crippen LogP contribution in [0.5, 0.6) is 11.5 Å². The zero-order valence-corrected chi connectivity index (χ0v) is 18.4. The molecule has 2 fully saturated rings. The summed E-state index contributed by atoms with van der Waals surface area (Å²) in [5, 5.41) is 21.4. The van der Waals surface area contributed by atoms with E-state index in [1.807, 2.05) is 13.8 Å². The predicted octanol–water partition coefficient (Wildman–Crippen LogP) is 3.62. The van der Waals surface area contributed by atoms with Crippen LogP contribution in [0, 0.1) is 13.8 Å². The molecule has 7 heteroatoms. The molecule has 2 aromatic carbocycles. The lowest BCUT2D eigenvalue weighted by molar-refractivity contribution is -0.140. The van der Waals surface area contributed by atoms with Crippen LogP contribution < -0.4 is 4.74 Å². The number of benzene rings is 2. The first-order valence-electron chi connectivity index (χ1n) is 10.7. The van der Waals surface area contributed by atoms with Crippen molar-refractivity contribution in [3.05, 3.63) is 64.2 Å². The first-order valence-corrected chi connectivity index (χ1v) is 10.7. The zero-order valence-electron chi connectivity index (χ0n) is 18.4. The van der Waals surface area contributed by atoms with E-state index in [0.717, 1.165) is 18.4 Å². The fourth-order valence-corrected chi connectivity index (χ4v) is 4.53. The molecule has 2 heterocycles. The summed E-state index contributed by atoms with van der Waals surface area (Å²) in [4.78, 5) is 27.7. The molecule has 2 aliphatic rings. The minimum atomic E-state index is -0.826. The van der Waals surface area contributed by atoms with Crippen molar-refractivity contribution in [2.24, 2.45) is 0 Å². The number of aromatic hydroxyl groups is 1. The first-order chi connectivity index (χ1) is 15.3. The summed E-state index contributed by atoms with van der Waals surface area (Å²) in [5.74, 6) is -0.987. The number of hydrogen-bond acceptors (Lipinski definition) is 6. The van der Waals surface area contributed by atoms with Crippen LogP contribution in [0.25, 0.3) is 5.76 Å². The molecule has 2 aromatic rings. The van der Waals surface area contributed by atoms with E-state index < -0.39 is 17.7 Å². The number of Topliss-reactive ketones (excluding diaryl/α,β-unsaturated/α-hetero) is 1. The maximum Gasteiger partial charge on any atom is 0.295 e. The first kappa shape index (κ1) is 21.9. The minimum Gasteiger partial charge on any atom is -0.508 e. The molecule has 2 N–H and O–H groups in total. The van der Waals surface area contributed by atoms with Crippen molar-refractivity contribution in [1.82, 2.24) is 4.90 Å². The van der Waals surface area contributed by atoms with Crippen LogP contribution in [-0.2, 0) is 14.3 Å². The van der Waals surface area contributed by atoms with Crippen LogP contribution in [-0.4, -0.2) is 53.2 Å². The molecule has 2 aliphatic heterocycles. The molecule has 1 amide bonds. The van der Waals surface area contributed by atoms with Crippen LogP contribution in [0.15, 0.2) is 42.0 Å². The molecule has 0 saturated carbocycles. The second kappa shape index (κ2) is 8.67. The maximum absolute atomic E-state index is 13.2. The number of methoxy groups -OCH3 is 1. The highest BCUT2D eigenvalue weighted by molar-refractivity contribution is 6.46. The number of hydrogen-bond donors (Lipinski definition) is 2. The van der Waals surface area contributed by atoms with Crippen LogP contribution in [0.1, 0.15) is 41.1 Å². The third-order valence-corrected chi connectivity index (χ3v) is 6.15. The summed E-state index contributed by atoms with van der Waals surface area (Å²) < 4.78 is 11.1. The molecule has 32 heavy (non-hydrogen) atoms. The van der Waals surface area contributed by atoms with Gasteiger partial charge in [0.15, 0.2) is 0 Å². The standard InChI is InChI=1S/C25H27NO6/c1-14-11-20(31-3)15(2)10-19(14)23(28)21-22(16-6-4-7-17(27)12-16)26(25(30)24(21)29)13-18-8-5-9-32-18/h4,6-7,10-12,18,22,27-28H,5,8-9,13H2,1-3H3/b23-21+. The Morgan fingerprint density at radius 2 is 1.97 bits per heavy atom. The van der Waals surface area contributed by atoms with E-state index in [1.165, 1.54) is 17.0 Å². The molecule has 168 valence electrons. The van der Waals surface area contributed by atoms with Crippen LogP contribution >= 0.6 is 0 Å². The topological polar surface area (TPSA) is 96.3 Å². The van der Waals surface area contributed by atoms with E-state index in [1.54, 1.807) is 31.4 Å². The lowest BCUT2D eigenvalue weighted by Crippen LogP contribution is -2.36. The molecule has 0 aromatic heterocycles. The molecule has 0 bridgehead atoms. The smallest absolute Gasteiger partial charge is 0.295 e. The zero-order chi connectivity index (χ0) is 23.0. The van der Waals surface area contributed by atoms with Gasteiger partial charge in [-0.25, -0.2) is 0 Å². The Kier molecular flexibility index (Phi) is 5.93.